The van der Waals surface area contributed by atoms with Gasteiger partial charge in [0.25, 0.3) is 0 Å². The zero-order valence-electron chi connectivity index (χ0n) is 14.9. The molecule has 0 saturated carbocycles. The highest BCUT2D eigenvalue weighted by Gasteiger charge is 2.30. The van der Waals surface area contributed by atoms with E-state index in [1.807, 2.05) is 33.8 Å². The lowest BCUT2D eigenvalue weighted by atomic mass is 10.1. The minimum absolute atomic E-state index is 0.124. The molecule has 24 heavy (non-hydrogen) atoms. The molecule has 1 aliphatic rings. The molecule has 6 heteroatoms. The van der Waals surface area contributed by atoms with E-state index in [0.717, 1.165) is 36.0 Å². The Kier molecular flexibility index (Phi) is 4.15. The summed E-state index contributed by atoms with van der Waals surface area (Å²) in [5, 5.41) is 0. The van der Waals surface area contributed by atoms with E-state index < -0.39 is 5.60 Å². The van der Waals surface area contributed by atoms with Crippen molar-refractivity contribution in [3.8, 4) is 0 Å². The van der Waals surface area contributed by atoms with Crippen molar-refractivity contribution < 1.29 is 9.53 Å². The number of hydrogen-bond acceptors (Lipinski definition) is 4. The van der Waals surface area contributed by atoms with Gasteiger partial charge >= 0.3 is 6.09 Å². The molecule has 3 rings (SSSR count). The van der Waals surface area contributed by atoms with Crippen LogP contribution in [0.15, 0.2) is 18.2 Å². The Balaban J connectivity index is 1.85. The lowest BCUT2D eigenvalue weighted by molar-refractivity contribution is 0.0175. The van der Waals surface area contributed by atoms with E-state index in [1.54, 1.807) is 4.90 Å². The number of carbonyl (C=O) groups excluding carboxylic acids is 1. The number of imidazole rings is 1. The summed E-state index contributed by atoms with van der Waals surface area (Å²) in [6.45, 7) is 9.01. The van der Waals surface area contributed by atoms with Crippen molar-refractivity contribution in [2.75, 3.05) is 18.8 Å². The molecule has 0 bridgehead atoms. The molecule has 2 aromatic rings. The normalized spacial score (nSPS) is 18.8. The van der Waals surface area contributed by atoms with Crippen LogP contribution in [0.1, 0.15) is 45.2 Å². The summed E-state index contributed by atoms with van der Waals surface area (Å²) in [6, 6.07) is 6.28. The first kappa shape index (κ1) is 16.6. The molecule has 6 nitrogen and oxygen atoms in total. The first-order valence-corrected chi connectivity index (χ1v) is 8.46. The Labute approximate surface area is 142 Å². The van der Waals surface area contributed by atoms with Crippen LogP contribution in [0.25, 0.3) is 11.0 Å². The number of fused-ring (bicyclic) bond motifs is 1. The third kappa shape index (κ3) is 3.32. The number of likely N-dealkylation sites (tertiary alicyclic amines) is 1. The SMILES string of the molecule is Cc1ccc2c(c1)nc(N)n2[C@H]1CCCN(C(=O)OC(C)(C)C)C1. The molecule has 1 fully saturated rings. The number of nitrogen functional groups attached to an aromatic ring is 1. The van der Waals surface area contributed by atoms with Crippen LogP contribution in [0, 0.1) is 6.92 Å². The van der Waals surface area contributed by atoms with Gasteiger partial charge in [-0.05, 0) is 58.2 Å². The molecule has 2 heterocycles. The van der Waals surface area contributed by atoms with Crippen LogP contribution in [0.5, 0.6) is 0 Å². The van der Waals surface area contributed by atoms with Gasteiger partial charge in [0.05, 0.1) is 17.1 Å². The molecule has 0 unspecified atom stereocenters. The van der Waals surface area contributed by atoms with E-state index >= 15 is 0 Å². The van der Waals surface area contributed by atoms with E-state index in [0.29, 0.717) is 12.5 Å². The predicted molar refractivity (Wildman–Crippen MR) is 95.0 cm³/mol. The largest absolute Gasteiger partial charge is 0.444 e. The molecule has 1 atom stereocenters. The summed E-state index contributed by atoms with van der Waals surface area (Å²) < 4.78 is 7.57. The van der Waals surface area contributed by atoms with Gasteiger partial charge in [0.15, 0.2) is 0 Å². The molecule has 0 aliphatic carbocycles. The van der Waals surface area contributed by atoms with E-state index in [-0.39, 0.29) is 12.1 Å². The summed E-state index contributed by atoms with van der Waals surface area (Å²) in [6.07, 6.45) is 1.64. The second-order valence-electron chi connectivity index (χ2n) is 7.55. The van der Waals surface area contributed by atoms with E-state index in [2.05, 4.69) is 21.7 Å². The second-order valence-corrected chi connectivity index (χ2v) is 7.55. The summed E-state index contributed by atoms with van der Waals surface area (Å²) in [5.74, 6) is 0.506. The molecule has 1 saturated heterocycles. The smallest absolute Gasteiger partial charge is 0.410 e. The summed E-state index contributed by atoms with van der Waals surface area (Å²) >= 11 is 0. The van der Waals surface area contributed by atoms with Gasteiger partial charge < -0.3 is 19.9 Å². The average molecular weight is 330 g/mol. The number of anilines is 1. The van der Waals surface area contributed by atoms with Crippen molar-refractivity contribution in [1.29, 1.82) is 0 Å². The highest BCUT2D eigenvalue weighted by Crippen LogP contribution is 2.30. The van der Waals surface area contributed by atoms with Crippen LogP contribution in [-0.2, 0) is 4.74 Å². The number of hydrogen-bond donors (Lipinski definition) is 1. The van der Waals surface area contributed by atoms with Crippen molar-refractivity contribution in [2.24, 2.45) is 0 Å². The fourth-order valence-electron chi connectivity index (χ4n) is 3.27. The number of benzene rings is 1. The quantitative estimate of drug-likeness (QED) is 0.868. The first-order chi connectivity index (χ1) is 11.2. The molecule has 1 aromatic carbocycles. The van der Waals surface area contributed by atoms with Gasteiger partial charge in [0, 0.05) is 13.1 Å². The average Bonchev–Trinajstić information content (AvgIpc) is 2.80. The van der Waals surface area contributed by atoms with Crippen molar-refractivity contribution in [3.05, 3.63) is 23.8 Å². The number of ether oxygens (including phenoxy) is 1. The lowest BCUT2D eigenvalue weighted by Crippen LogP contribution is -2.43. The molecular weight excluding hydrogens is 304 g/mol. The Morgan fingerprint density at radius 1 is 1.38 bits per heavy atom. The molecule has 0 radical (unpaired) electrons. The van der Waals surface area contributed by atoms with Gasteiger partial charge in [-0.2, -0.15) is 0 Å². The molecule has 130 valence electrons. The summed E-state index contributed by atoms with van der Waals surface area (Å²) in [5.41, 5.74) is 8.78. The minimum atomic E-state index is -0.484. The van der Waals surface area contributed by atoms with Crippen LogP contribution in [0.2, 0.25) is 0 Å². The maximum Gasteiger partial charge on any atom is 0.410 e. The maximum absolute atomic E-state index is 12.4. The third-order valence-corrected chi connectivity index (χ3v) is 4.29. The van der Waals surface area contributed by atoms with Gasteiger partial charge in [-0.25, -0.2) is 9.78 Å². The zero-order chi connectivity index (χ0) is 17.5. The monoisotopic (exact) mass is 330 g/mol. The summed E-state index contributed by atoms with van der Waals surface area (Å²) in [7, 11) is 0. The molecule has 1 amide bonds. The van der Waals surface area contributed by atoms with Crippen molar-refractivity contribution in [2.45, 2.75) is 52.2 Å². The van der Waals surface area contributed by atoms with Gasteiger partial charge in [-0.1, -0.05) is 6.07 Å². The molecular formula is C18H26N4O2. The van der Waals surface area contributed by atoms with Crippen molar-refractivity contribution in [3.63, 3.8) is 0 Å². The van der Waals surface area contributed by atoms with Crippen molar-refractivity contribution in [1.82, 2.24) is 14.5 Å². The number of amides is 1. The molecule has 1 aromatic heterocycles. The van der Waals surface area contributed by atoms with E-state index in [1.165, 1.54) is 0 Å². The van der Waals surface area contributed by atoms with E-state index in [4.69, 9.17) is 10.5 Å². The van der Waals surface area contributed by atoms with Crippen LogP contribution in [-0.4, -0.2) is 39.2 Å². The van der Waals surface area contributed by atoms with Crippen LogP contribution in [0.3, 0.4) is 0 Å². The molecule has 1 aliphatic heterocycles. The Bertz CT molecular complexity index is 760. The number of aromatic nitrogens is 2. The van der Waals surface area contributed by atoms with Crippen LogP contribution >= 0.6 is 0 Å². The van der Waals surface area contributed by atoms with Gasteiger partial charge in [0.2, 0.25) is 5.95 Å². The minimum Gasteiger partial charge on any atom is -0.444 e. The Hall–Kier alpha value is -2.24. The first-order valence-electron chi connectivity index (χ1n) is 8.46. The van der Waals surface area contributed by atoms with Crippen LogP contribution in [0.4, 0.5) is 10.7 Å². The predicted octanol–water partition coefficient (Wildman–Crippen LogP) is 3.50. The number of nitrogens with two attached hydrogens (primary N) is 1. The standard InChI is InChI=1S/C18H26N4O2/c1-12-7-8-15-14(10-12)20-16(19)22(15)13-6-5-9-21(11-13)17(23)24-18(2,3)4/h7-8,10,13H,5-6,9,11H2,1-4H3,(H2,19,20)/t13-/m0/s1. The number of carbonyl (C=O) groups is 1. The van der Waals surface area contributed by atoms with Crippen molar-refractivity contribution >= 4 is 23.1 Å². The number of nitrogens with zero attached hydrogens (tertiary/aromatic N) is 3. The highest BCUT2D eigenvalue weighted by molar-refractivity contribution is 5.79. The Morgan fingerprint density at radius 3 is 2.83 bits per heavy atom. The van der Waals surface area contributed by atoms with Crippen LogP contribution < -0.4 is 5.73 Å². The molecule has 0 spiro atoms. The van der Waals surface area contributed by atoms with Gasteiger partial charge in [0.1, 0.15) is 5.60 Å². The number of aryl methyl sites for hydroxylation is 1. The third-order valence-electron chi connectivity index (χ3n) is 4.29. The lowest BCUT2D eigenvalue weighted by Gasteiger charge is -2.35. The topological polar surface area (TPSA) is 73.4 Å². The van der Waals surface area contributed by atoms with Gasteiger partial charge in [-0.3, -0.25) is 0 Å². The van der Waals surface area contributed by atoms with Gasteiger partial charge in [-0.15, -0.1) is 0 Å². The second kappa shape index (κ2) is 6.00. The Morgan fingerprint density at radius 2 is 2.12 bits per heavy atom. The highest BCUT2D eigenvalue weighted by atomic mass is 16.6. The fraction of sp³-hybridized carbons (Fsp3) is 0.556. The fourth-order valence-corrected chi connectivity index (χ4v) is 3.27. The number of rotatable bonds is 1. The molecule has 2 N–H and O–H groups in total. The van der Waals surface area contributed by atoms with E-state index in [9.17, 15) is 4.79 Å². The zero-order valence-corrected chi connectivity index (χ0v) is 14.9. The number of piperidine rings is 1. The summed E-state index contributed by atoms with van der Waals surface area (Å²) in [4.78, 5) is 18.6. The maximum atomic E-state index is 12.4.